The van der Waals surface area contributed by atoms with Crippen LogP contribution >= 0.6 is 11.3 Å². The Morgan fingerprint density at radius 1 is 1.20 bits per heavy atom. The number of esters is 1. The fourth-order valence-corrected chi connectivity index (χ4v) is 4.03. The van der Waals surface area contributed by atoms with Crippen LogP contribution in [-0.2, 0) is 14.3 Å². The largest absolute Gasteiger partial charge is 0.497 e. The summed E-state index contributed by atoms with van der Waals surface area (Å²) in [4.78, 5) is 28.3. The Labute approximate surface area is 151 Å². The van der Waals surface area contributed by atoms with Gasteiger partial charge in [-0.15, -0.1) is 11.3 Å². The first-order valence-electron chi connectivity index (χ1n) is 8.00. The van der Waals surface area contributed by atoms with Crippen molar-refractivity contribution in [3.8, 4) is 16.2 Å². The zero-order valence-corrected chi connectivity index (χ0v) is 15.8. The van der Waals surface area contributed by atoms with E-state index in [-0.39, 0.29) is 5.91 Å². The minimum Gasteiger partial charge on any atom is -0.497 e. The van der Waals surface area contributed by atoms with Gasteiger partial charge in [0, 0.05) is 11.9 Å². The molecule has 0 bridgehead atoms. The van der Waals surface area contributed by atoms with Gasteiger partial charge in [-0.05, 0) is 56.7 Å². The van der Waals surface area contributed by atoms with E-state index in [0.717, 1.165) is 26.8 Å². The highest BCUT2D eigenvalue weighted by Gasteiger charge is 2.44. The summed E-state index contributed by atoms with van der Waals surface area (Å²) in [6.45, 7) is 5.39. The van der Waals surface area contributed by atoms with E-state index in [1.54, 1.807) is 34.9 Å². The highest BCUT2D eigenvalue weighted by molar-refractivity contribution is 7.16. The minimum absolute atomic E-state index is 0.239. The fourth-order valence-electron chi connectivity index (χ4n) is 2.76. The number of amides is 1. The van der Waals surface area contributed by atoms with Crippen LogP contribution in [0.3, 0.4) is 0 Å². The highest BCUT2D eigenvalue weighted by Crippen LogP contribution is 2.46. The number of likely N-dealkylation sites (N-methyl/N-ethyl adjacent to an activating group) is 1. The van der Waals surface area contributed by atoms with Crippen molar-refractivity contribution in [2.24, 2.45) is 0 Å². The Bertz CT molecular complexity index is 817. The van der Waals surface area contributed by atoms with E-state index in [2.05, 4.69) is 0 Å². The van der Waals surface area contributed by atoms with E-state index in [9.17, 15) is 9.59 Å². The first-order chi connectivity index (χ1) is 11.7. The molecule has 132 valence electrons. The van der Waals surface area contributed by atoms with Gasteiger partial charge in [0.05, 0.1) is 17.7 Å². The molecule has 0 spiro atoms. The predicted molar refractivity (Wildman–Crippen MR) is 98.3 cm³/mol. The van der Waals surface area contributed by atoms with Gasteiger partial charge in [0.15, 0.2) is 5.92 Å². The van der Waals surface area contributed by atoms with Crippen molar-refractivity contribution in [1.82, 2.24) is 0 Å². The number of hydrogen-bond acceptors (Lipinski definition) is 5. The Kier molecular flexibility index (Phi) is 4.33. The molecule has 0 saturated carbocycles. The van der Waals surface area contributed by atoms with E-state index in [0.29, 0.717) is 0 Å². The van der Waals surface area contributed by atoms with Crippen LogP contribution in [0, 0.1) is 0 Å². The molecule has 1 aromatic carbocycles. The second-order valence-corrected chi connectivity index (χ2v) is 8.04. The van der Waals surface area contributed by atoms with Crippen molar-refractivity contribution in [2.75, 3.05) is 19.1 Å². The summed E-state index contributed by atoms with van der Waals surface area (Å²) in [7, 11) is 3.32. The van der Waals surface area contributed by atoms with Crippen molar-refractivity contribution in [2.45, 2.75) is 32.3 Å². The number of fused-ring (bicyclic) bond motifs is 1. The van der Waals surface area contributed by atoms with Crippen molar-refractivity contribution in [3.63, 3.8) is 0 Å². The lowest BCUT2D eigenvalue weighted by Crippen LogP contribution is -2.33. The summed E-state index contributed by atoms with van der Waals surface area (Å²) < 4.78 is 10.6. The molecule has 1 atom stereocenters. The monoisotopic (exact) mass is 359 g/mol. The highest BCUT2D eigenvalue weighted by atomic mass is 32.1. The van der Waals surface area contributed by atoms with Gasteiger partial charge >= 0.3 is 5.97 Å². The number of hydrogen-bond donors (Lipinski definition) is 0. The van der Waals surface area contributed by atoms with Gasteiger partial charge in [-0.3, -0.25) is 9.59 Å². The molecule has 0 N–H and O–H groups in total. The average Bonchev–Trinajstić information content (AvgIpc) is 3.05. The van der Waals surface area contributed by atoms with Crippen LogP contribution in [-0.4, -0.2) is 31.6 Å². The molecule has 1 unspecified atom stereocenters. The molecular formula is C19H21NO4S. The Hall–Kier alpha value is -2.34. The number of methoxy groups -OCH3 is 1. The third-order valence-corrected chi connectivity index (χ3v) is 5.20. The number of nitrogens with zero attached hydrogens (tertiary/aromatic N) is 1. The van der Waals surface area contributed by atoms with Crippen LogP contribution < -0.4 is 9.64 Å². The summed E-state index contributed by atoms with van der Waals surface area (Å²) in [5.41, 5.74) is 1.16. The predicted octanol–water partition coefficient (Wildman–Crippen LogP) is 3.83. The number of anilines is 1. The van der Waals surface area contributed by atoms with Crippen LogP contribution in [0.2, 0.25) is 0 Å². The maximum absolute atomic E-state index is 12.5. The van der Waals surface area contributed by atoms with Gasteiger partial charge in [0.2, 0.25) is 5.91 Å². The summed E-state index contributed by atoms with van der Waals surface area (Å²) >= 11 is 1.45. The molecule has 1 amide bonds. The van der Waals surface area contributed by atoms with E-state index in [1.807, 2.05) is 30.3 Å². The van der Waals surface area contributed by atoms with Crippen LogP contribution in [0.25, 0.3) is 10.4 Å². The SMILES string of the molecule is COc1ccc(-c2cc3c(s2)C(C(=O)OC(C)(C)C)C(=O)N3C)cc1. The normalized spacial score (nSPS) is 16.8. The molecule has 1 aliphatic rings. The molecule has 0 saturated heterocycles. The molecule has 6 heteroatoms. The second-order valence-electron chi connectivity index (χ2n) is 6.95. The summed E-state index contributed by atoms with van der Waals surface area (Å²) in [5, 5.41) is 0. The molecule has 0 fully saturated rings. The molecule has 2 heterocycles. The molecule has 25 heavy (non-hydrogen) atoms. The third-order valence-electron chi connectivity index (χ3n) is 3.96. The molecule has 2 aromatic rings. The first kappa shape index (κ1) is 17.5. The van der Waals surface area contributed by atoms with Gasteiger partial charge in [0.25, 0.3) is 0 Å². The van der Waals surface area contributed by atoms with Crippen LogP contribution in [0.1, 0.15) is 31.6 Å². The third kappa shape index (κ3) is 3.26. The molecule has 0 aliphatic carbocycles. The van der Waals surface area contributed by atoms with Gasteiger partial charge in [-0.1, -0.05) is 0 Å². The van der Waals surface area contributed by atoms with Gasteiger partial charge in [-0.2, -0.15) is 0 Å². The number of rotatable bonds is 3. The van der Waals surface area contributed by atoms with E-state index < -0.39 is 17.5 Å². The molecule has 0 radical (unpaired) electrons. The fraction of sp³-hybridized carbons (Fsp3) is 0.368. The van der Waals surface area contributed by atoms with Crippen LogP contribution in [0.15, 0.2) is 30.3 Å². The number of thiophene rings is 1. The smallest absolute Gasteiger partial charge is 0.324 e. The molecule has 3 rings (SSSR count). The Balaban J connectivity index is 1.95. The summed E-state index contributed by atoms with van der Waals surface area (Å²) in [6.07, 6.45) is 0. The maximum atomic E-state index is 12.5. The van der Waals surface area contributed by atoms with E-state index in [4.69, 9.17) is 9.47 Å². The molecule has 5 nitrogen and oxygen atoms in total. The molecule has 1 aromatic heterocycles. The Morgan fingerprint density at radius 3 is 2.40 bits per heavy atom. The maximum Gasteiger partial charge on any atom is 0.324 e. The van der Waals surface area contributed by atoms with Crippen molar-refractivity contribution in [3.05, 3.63) is 35.2 Å². The second kappa shape index (κ2) is 6.19. The van der Waals surface area contributed by atoms with Gasteiger partial charge in [0.1, 0.15) is 11.4 Å². The van der Waals surface area contributed by atoms with Gasteiger partial charge < -0.3 is 14.4 Å². The lowest BCUT2D eigenvalue weighted by Gasteiger charge is -2.21. The van der Waals surface area contributed by atoms with E-state index in [1.165, 1.54) is 16.2 Å². The molecule has 1 aliphatic heterocycles. The minimum atomic E-state index is -0.878. The van der Waals surface area contributed by atoms with Crippen molar-refractivity contribution < 1.29 is 19.1 Å². The van der Waals surface area contributed by atoms with Crippen molar-refractivity contribution >= 4 is 28.9 Å². The molecular weight excluding hydrogens is 338 g/mol. The topological polar surface area (TPSA) is 55.8 Å². The number of carbonyl (C=O) groups is 2. The van der Waals surface area contributed by atoms with Crippen LogP contribution in [0.4, 0.5) is 5.69 Å². The van der Waals surface area contributed by atoms with Gasteiger partial charge in [-0.25, -0.2) is 0 Å². The van der Waals surface area contributed by atoms with Crippen LogP contribution in [0.5, 0.6) is 5.75 Å². The van der Waals surface area contributed by atoms with Crippen molar-refractivity contribution in [1.29, 1.82) is 0 Å². The first-order valence-corrected chi connectivity index (χ1v) is 8.81. The average molecular weight is 359 g/mol. The number of benzene rings is 1. The summed E-state index contributed by atoms with van der Waals surface area (Å²) in [6, 6.07) is 9.65. The van der Waals surface area contributed by atoms with E-state index >= 15 is 0 Å². The quantitative estimate of drug-likeness (QED) is 0.617. The zero-order valence-electron chi connectivity index (χ0n) is 15.0. The number of carbonyl (C=O) groups excluding carboxylic acids is 2. The zero-order chi connectivity index (χ0) is 18.4. The summed E-state index contributed by atoms with van der Waals surface area (Å²) in [5.74, 6) is -0.828. The Morgan fingerprint density at radius 2 is 1.84 bits per heavy atom. The lowest BCUT2D eigenvalue weighted by atomic mass is 10.1. The number of ether oxygens (including phenoxy) is 2. The standard InChI is InChI=1S/C19H21NO4S/c1-19(2,3)24-18(22)15-16-13(20(4)17(15)21)10-14(25-16)11-6-8-12(23-5)9-7-11/h6-10,15H,1-5H3. The lowest BCUT2D eigenvalue weighted by molar-refractivity contribution is -0.158.